The van der Waals surface area contributed by atoms with E-state index in [1.165, 1.54) is 0 Å². The first-order valence-corrected chi connectivity index (χ1v) is 5.97. The van der Waals surface area contributed by atoms with Gasteiger partial charge in [-0.3, -0.25) is 0 Å². The molecule has 1 aromatic rings. The van der Waals surface area contributed by atoms with Crippen LogP contribution in [0.25, 0.3) is 0 Å². The Morgan fingerprint density at radius 2 is 2.05 bits per heavy atom. The summed E-state index contributed by atoms with van der Waals surface area (Å²) in [5.74, 6) is -0.228. The summed E-state index contributed by atoms with van der Waals surface area (Å²) in [6, 6.07) is -0.299. The second kappa shape index (κ2) is 4.89. The molecule has 0 spiro atoms. The van der Waals surface area contributed by atoms with E-state index in [1.54, 1.807) is 0 Å². The highest BCUT2D eigenvalue weighted by molar-refractivity contribution is 7.80. The van der Waals surface area contributed by atoms with Crippen LogP contribution in [0.4, 0.5) is 19.1 Å². The number of rotatable bonds is 1. The molecular formula is C10H12F3N5S. The summed E-state index contributed by atoms with van der Waals surface area (Å²) >= 11 is 4.57. The minimum atomic E-state index is -4.56. The monoisotopic (exact) mass is 291 g/mol. The topological polar surface area (TPSA) is 89.8 Å². The number of fused-ring (bicyclic) bond motifs is 1. The number of hydrogen-bond donors (Lipinski definition) is 3. The van der Waals surface area contributed by atoms with E-state index >= 15 is 0 Å². The number of nitrogens with zero attached hydrogens (tertiary/aromatic N) is 2. The number of aromatic nitrogens is 2. The van der Waals surface area contributed by atoms with Crippen molar-refractivity contribution in [1.29, 1.82) is 0 Å². The van der Waals surface area contributed by atoms with E-state index in [9.17, 15) is 13.2 Å². The van der Waals surface area contributed by atoms with Crippen molar-refractivity contribution in [3.63, 3.8) is 0 Å². The molecule has 2 rings (SSSR count). The molecule has 5 nitrogen and oxygen atoms in total. The van der Waals surface area contributed by atoms with Gasteiger partial charge < -0.3 is 16.8 Å². The van der Waals surface area contributed by atoms with Crippen LogP contribution >= 0.6 is 12.2 Å². The van der Waals surface area contributed by atoms with Crippen LogP contribution in [0.5, 0.6) is 0 Å². The van der Waals surface area contributed by atoms with Crippen LogP contribution in [0.15, 0.2) is 0 Å². The fourth-order valence-electron chi connectivity index (χ4n) is 2.04. The average molecular weight is 291 g/mol. The first kappa shape index (κ1) is 13.9. The maximum absolute atomic E-state index is 13.0. The quantitative estimate of drug-likeness (QED) is 0.668. The van der Waals surface area contributed by atoms with Crippen molar-refractivity contribution in [2.45, 2.75) is 31.5 Å². The normalized spacial score (nSPS) is 18.8. The number of aryl methyl sites for hydroxylation is 1. The van der Waals surface area contributed by atoms with Crippen molar-refractivity contribution < 1.29 is 13.2 Å². The van der Waals surface area contributed by atoms with Gasteiger partial charge in [-0.05, 0) is 31.5 Å². The summed E-state index contributed by atoms with van der Waals surface area (Å²) in [5, 5.41) is 2.15. The van der Waals surface area contributed by atoms with Crippen molar-refractivity contribution in [1.82, 2.24) is 9.97 Å². The number of alkyl halides is 3. The Balaban J connectivity index is 2.52. The smallest absolute Gasteiger partial charge is 0.376 e. The first-order chi connectivity index (χ1) is 8.77. The van der Waals surface area contributed by atoms with Gasteiger partial charge in [0.1, 0.15) is 0 Å². The molecule has 0 radical (unpaired) electrons. The molecule has 19 heavy (non-hydrogen) atoms. The highest BCUT2D eigenvalue weighted by Gasteiger charge is 2.38. The molecule has 0 saturated carbocycles. The number of hydrogen-bond acceptors (Lipinski definition) is 4. The van der Waals surface area contributed by atoms with E-state index in [-0.39, 0.29) is 29.1 Å². The molecule has 1 aliphatic rings. The minimum Gasteiger partial charge on any atom is -0.376 e. The lowest BCUT2D eigenvalue weighted by Crippen LogP contribution is -2.32. The molecule has 9 heteroatoms. The molecule has 1 atom stereocenters. The molecule has 1 aliphatic carbocycles. The molecule has 1 unspecified atom stereocenters. The van der Waals surface area contributed by atoms with Gasteiger partial charge in [0.25, 0.3) is 0 Å². The summed E-state index contributed by atoms with van der Waals surface area (Å²) in [6.45, 7) is 0. The fourth-order valence-corrected chi connectivity index (χ4v) is 2.13. The van der Waals surface area contributed by atoms with Crippen LogP contribution in [0.1, 0.15) is 23.4 Å². The molecule has 0 saturated heterocycles. The van der Waals surface area contributed by atoms with Crippen LogP contribution in [-0.4, -0.2) is 21.1 Å². The van der Waals surface area contributed by atoms with Crippen LogP contribution in [-0.2, 0) is 19.0 Å². The lowest BCUT2D eigenvalue weighted by atomic mass is 9.91. The number of thiocarbonyl (C=S) groups is 1. The van der Waals surface area contributed by atoms with Gasteiger partial charge in [0.05, 0.1) is 0 Å². The molecule has 0 bridgehead atoms. The second-order valence-electron chi connectivity index (χ2n) is 4.31. The van der Waals surface area contributed by atoms with Crippen LogP contribution in [0, 0.1) is 0 Å². The third-order valence-corrected chi connectivity index (χ3v) is 2.92. The first-order valence-electron chi connectivity index (χ1n) is 5.56. The Hall–Kier alpha value is -1.48. The zero-order valence-corrected chi connectivity index (χ0v) is 10.6. The third kappa shape index (κ3) is 3.10. The Morgan fingerprint density at radius 3 is 2.63 bits per heavy atom. The van der Waals surface area contributed by atoms with Crippen LogP contribution in [0.3, 0.4) is 0 Å². The van der Waals surface area contributed by atoms with Gasteiger partial charge in [0.2, 0.25) is 5.95 Å². The number of anilines is 1. The van der Waals surface area contributed by atoms with Gasteiger partial charge in [-0.1, -0.05) is 0 Å². The van der Waals surface area contributed by atoms with Gasteiger partial charge in [0, 0.05) is 17.3 Å². The van der Waals surface area contributed by atoms with Gasteiger partial charge in [-0.15, -0.1) is 0 Å². The summed E-state index contributed by atoms with van der Waals surface area (Å²) in [6.07, 6.45) is -3.46. The molecule has 0 fully saturated rings. The summed E-state index contributed by atoms with van der Waals surface area (Å²) in [4.78, 5) is 7.48. The standard InChI is InChI=1S/C10H12F3N5S/c11-10(12,13)7-5-3-4(14)1-2-6(5)16-9(17-7)18-8(15)19/h4H,1-3,14H2,(H3,15,16,17,18,19). The van der Waals surface area contributed by atoms with E-state index in [0.717, 1.165) is 0 Å². The van der Waals surface area contributed by atoms with Gasteiger partial charge in [-0.2, -0.15) is 13.2 Å². The maximum Gasteiger partial charge on any atom is 0.433 e. The van der Waals surface area contributed by atoms with Gasteiger partial charge >= 0.3 is 6.18 Å². The zero-order chi connectivity index (χ0) is 14.2. The zero-order valence-electron chi connectivity index (χ0n) is 9.79. The molecule has 0 aromatic carbocycles. The van der Waals surface area contributed by atoms with Gasteiger partial charge in [-0.25, -0.2) is 9.97 Å². The van der Waals surface area contributed by atoms with E-state index < -0.39 is 11.9 Å². The van der Waals surface area contributed by atoms with Crippen molar-refractivity contribution in [2.24, 2.45) is 11.5 Å². The van der Waals surface area contributed by atoms with Crippen molar-refractivity contribution in [2.75, 3.05) is 5.32 Å². The van der Waals surface area contributed by atoms with Crippen molar-refractivity contribution in [3.8, 4) is 0 Å². The van der Waals surface area contributed by atoms with E-state index in [2.05, 4.69) is 27.5 Å². The molecule has 104 valence electrons. The largest absolute Gasteiger partial charge is 0.433 e. The number of nitrogens with two attached hydrogens (primary N) is 2. The average Bonchev–Trinajstić information content (AvgIpc) is 2.26. The Kier molecular flexibility index (Phi) is 3.59. The van der Waals surface area contributed by atoms with Gasteiger partial charge in [0.15, 0.2) is 10.8 Å². The lowest BCUT2D eigenvalue weighted by Gasteiger charge is -2.24. The fraction of sp³-hybridized carbons (Fsp3) is 0.500. The number of nitrogens with one attached hydrogen (secondary N) is 1. The molecule has 1 aromatic heterocycles. The Bertz CT molecular complexity index is 517. The number of halogens is 3. The molecule has 0 aliphatic heterocycles. The second-order valence-corrected chi connectivity index (χ2v) is 4.75. The Morgan fingerprint density at radius 1 is 1.37 bits per heavy atom. The minimum absolute atomic E-state index is 0.0692. The van der Waals surface area contributed by atoms with E-state index in [0.29, 0.717) is 18.5 Å². The molecule has 0 amide bonds. The summed E-state index contributed by atoms with van der Waals surface area (Å²) in [5.41, 5.74) is 10.4. The van der Waals surface area contributed by atoms with Crippen molar-refractivity contribution in [3.05, 3.63) is 17.0 Å². The highest BCUT2D eigenvalue weighted by Crippen LogP contribution is 2.34. The molecular weight excluding hydrogens is 279 g/mol. The van der Waals surface area contributed by atoms with E-state index in [4.69, 9.17) is 11.5 Å². The van der Waals surface area contributed by atoms with Crippen molar-refractivity contribution >= 4 is 23.3 Å². The summed E-state index contributed by atoms with van der Waals surface area (Å²) in [7, 11) is 0. The molecule has 1 heterocycles. The highest BCUT2D eigenvalue weighted by atomic mass is 32.1. The summed E-state index contributed by atoms with van der Waals surface area (Å²) < 4.78 is 39.0. The predicted molar refractivity (Wildman–Crippen MR) is 67.4 cm³/mol. The molecule has 5 N–H and O–H groups in total. The van der Waals surface area contributed by atoms with E-state index in [1.807, 2.05) is 0 Å². The van der Waals surface area contributed by atoms with Crippen LogP contribution in [0.2, 0.25) is 0 Å². The Labute approximate surface area is 112 Å². The SMILES string of the molecule is NC(=S)Nc1nc2c(c(C(F)(F)F)n1)CC(N)CC2. The lowest BCUT2D eigenvalue weighted by molar-refractivity contribution is -0.142. The third-order valence-electron chi connectivity index (χ3n) is 2.81. The predicted octanol–water partition coefficient (Wildman–Crippen LogP) is 0.967. The maximum atomic E-state index is 13.0. The van der Waals surface area contributed by atoms with Crippen LogP contribution < -0.4 is 16.8 Å².